The first-order chi connectivity index (χ1) is 13.3. The average Bonchev–Trinajstić information content (AvgIpc) is 2.66. The molecule has 0 saturated carbocycles. The van der Waals surface area contributed by atoms with Crippen LogP contribution in [0.15, 0.2) is 59.7 Å². The van der Waals surface area contributed by atoms with Crippen molar-refractivity contribution < 1.29 is 26.8 Å². The van der Waals surface area contributed by atoms with Gasteiger partial charge in [0.05, 0.1) is 24.5 Å². The van der Waals surface area contributed by atoms with Gasteiger partial charge >= 0.3 is 13.9 Å². The second kappa shape index (κ2) is 9.87. The first-order valence-corrected chi connectivity index (χ1v) is 10.3. The summed E-state index contributed by atoms with van der Waals surface area (Å²) in [5.41, 5.74) is 1.12. The predicted molar refractivity (Wildman–Crippen MR) is 102 cm³/mol. The van der Waals surface area contributed by atoms with Gasteiger partial charge in [-0.25, -0.2) is 9.76 Å². The zero-order valence-corrected chi connectivity index (χ0v) is 16.5. The van der Waals surface area contributed by atoms with Gasteiger partial charge in [-0.05, 0) is 37.1 Å². The highest BCUT2D eigenvalue weighted by molar-refractivity contribution is 7.51. The first-order valence-electron chi connectivity index (χ1n) is 8.72. The number of hydrazone groups is 1. The molecule has 152 valence electrons. The van der Waals surface area contributed by atoms with Crippen molar-refractivity contribution in [2.75, 3.05) is 13.2 Å². The maximum atomic E-state index is 12.8. The molecule has 28 heavy (non-hydrogen) atoms. The molecule has 0 aliphatic rings. The van der Waals surface area contributed by atoms with Crippen molar-refractivity contribution in [3.05, 3.63) is 71.3 Å². The van der Waals surface area contributed by atoms with E-state index < -0.39 is 19.5 Å². The van der Waals surface area contributed by atoms with Crippen molar-refractivity contribution in [3.8, 4) is 0 Å². The minimum absolute atomic E-state index is 0.166. The number of hydrogen-bond acceptors (Lipinski definition) is 4. The van der Waals surface area contributed by atoms with E-state index in [0.29, 0.717) is 11.3 Å². The molecule has 0 saturated heterocycles. The monoisotopic (exact) mass is 414 g/mol. The van der Waals surface area contributed by atoms with E-state index >= 15 is 0 Å². The summed E-state index contributed by atoms with van der Waals surface area (Å²) >= 11 is 0. The molecule has 0 aliphatic carbocycles. The SMILES string of the molecule is CCOP(=O)(N/N=C(/Cc1ccc(C(F)(F)F)cc1)c1ccccc1)OCC. The summed E-state index contributed by atoms with van der Waals surface area (Å²) in [5, 5.41) is 6.67. The molecule has 0 fully saturated rings. The Morgan fingerprint density at radius 3 is 2.07 bits per heavy atom. The van der Waals surface area contributed by atoms with Gasteiger partial charge in [0.2, 0.25) is 0 Å². The summed E-state index contributed by atoms with van der Waals surface area (Å²) < 4.78 is 61.1. The number of alkyl halides is 3. The Balaban J connectivity index is 2.29. The molecule has 2 rings (SSSR count). The largest absolute Gasteiger partial charge is 0.448 e. The quantitative estimate of drug-likeness (QED) is 0.338. The molecule has 2 aromatic rings. The standard InChI is InChI=1S/C19H22F3N2O3P/c1-3-26-28(25,27-4-2)24-23-18(16-8-6-5-7-9-16)14-15-10-12-17(13-11-15)19(20,21)22/h5-13H,3-4,14H2,1-2H3,(H,24,25)/b23-18-. The van der Waals surface area contributed by atoms with Crippen LogP contribution in [0.5, 0.6) is 0 Å². The maximum absolute atomic E-state index is 12.8. The van der Waals surface area contributed by atoms with Crippen LogP contribution in [0.2, 0.25) is 0 Å². The van der Waals surface area contributed by atoms with E-state index in [1.807, 2.05) is 18.2 Å². The second-order valence-electron chi connectivity index (χ2n) is 5.73. The molecule has 0 bridgehead atoms. The van der Waals surface area contributed by atoms with Gasteiger partial charge in [-0.1, -0.05) is 42.5 Å². The van der Waals surface area contributed by atoms with Crippen LogP contribution in [0.25, 0.3) is 0 Å². The van der Waals surface area contributed by atoms with Crippen LogP contribution >= 0.6 is 7.75 Å². The van der Waals surface area contributed by atoms with E-state index in [0.717, 1.165) is 17.7 Å². The zero-order valence-electron chi connectivity index (χ0n) is 15.6. The maximum Gasteiger partial charge on any atom is 0.448 e. The Labute approximate surface area is 162 Å². The molecule has 1 N–H and O–H groups in total. The van der Waals surface area contributed by atoms with Crippen LogP contribution in [0.4, 0.5) is 13.2 Å². The van der Waals surface area contributed by atoms with E-state index in [1.54, 1.807) is 26.0 Å². The number of nitrogens with one attached hydrogen (secondary N) is 1. The summed E-state index contributed by atoms with van der Waals surface area (Å²) in [7, 11) is -3.61. The lowest BCUT2D eigenvalue weighted by Crippen LogP contribution is -2.15. The molecule has 5 nitrogen and oxygen atoms in total. The van der Waals surface area contributed by atoms with Gasteiger partial charge in [0.1, 0.15) is 0 Å². The number of hydrogen-bond donors (Lipinski definition) is 1. The third kappa shape index (κ3) is 6.48. The predicted octanol–water partition coefficient (Wildman–Crippen LogP) is 5.42. The fourth-order valence-electron chi connectivity index (χ4n) is 2.40. The topological polar surface area (TPSA) is 59.9 Å². The fraction of sp³-hybridized carbons (Fsp3) is 0.316. The molecule has 2 aromatic carbocycles. The third-order valence-corrected chi connectivity index (χ3v) is 5.21. The van der Waals surface area contributed by atoms with Crippen molar-refractivity contribution in [3.63, 3.8) is 0 Å². The highest BCUT2D eigenvalue weighted by atomic mass is 31.2. The van der Waals surface area contributed by atoms with Crippen LogP contribution in [0, 0.1) is 0 Å². The number of halogens is 3. The Morgan fingerprint density at radius 1 is 1.00 bits per heavy atom. The van der Waals surface area contributed by atoms with Gasteiger partial charge in [-0.15, -0.1) is 0 Å². The van der Waals surface area contributed by atoms with Crippen LogP contribution in [0.1, 0.15) is 30.5 Å². The van der Waals surface area contributed by atoms with E-state index in [1.165, 1.54) is 12.1 Å². The summed E-state index contributed by atoms with van der Waals surface area (Å²) in [4.78, 5) is 0. The van der Waals surface area contributed by atoms with Gasteiger partial charge in [0, 0.05) is 6.42 Å². The van der Waals surface area contributed by atoms with Crippen molar-refractivity contribution in [1.29, 1.82) is 0 Å². The van der Waals surface area contributed by atoms with E-state index in [9.17, 15) is 17.7 Å². The minimum Gasteiger partial charge on any atom is -0.292 e. The Bertz CT molecular complexity index is 815. The summed E-state index contributed by atoms with van der Waals surface area (Å²) in [6, 6.07) is 13.9. The van der Waals surface area contributed by atoms with Gasteiger partial charge in [0.15, 0.2) is 0 Å². The molecule has 0 heterocycles. The number of rotatable bonds is 9. The van der Waals surface area contributed by atoms with Crippen molar-refractivity contribution in [1.82, 2.24) is 5.20 Å². The first kappa shape index (κ1) is 22.1. The second-order valence-corrected chi connectivity index (χ2v) is 7.44. The lowest BCUT2D eigenvalue weighted by molar-refractivity contribution is -0.137. The van der Waals surface area contributed by atoms with Gasteiger partial charge in [0.25, 0.3) is 0 Å². The van der Waals surface area contributed by atoms with Gasteiger partial charge in [-0.2, -0.15) is 18.3 Å². The highest BCUT2D eigenvalue weighted by Gasteiger charge is 2.30. The molecule has 0 radical (unpaired) electrons. The van der Waals surface area contributed by atoms with Gasteiger partial charge < -0.3 is 0 Å². The third-order valence-electron chi connectivity index (χ3n) is 3.67. The number of nitrogens with zero attached hydrogens (tertiary/aromatic N) is 1. The molecule has 0 aliphatic heterocycles. The van der Waals surface area contributed by atoms with E-state index in [-0.39, 0.29) is 19.6 Å². The molecule has 0 atom stereocenters. The number of benzene rings is 2. The van der Waals surface area contributed by atoms with Crippen LogP contribution in [-0.4, -0.2) is 18.9 Å². The van der Waals surface area contributed by atoms with Crippen LogP contribution < -0.4 is 5.20 Å². The highest BCUT2D eigenvalue weighted by Crippen LogP contribution is 2.43. The van der Waals surface area contributed by atoms with E-state index in [4.69, 9.17) is 9.05 Å². The Kier molecular flexibility index (Phi) is 7.80. The summed E-state index contributed by atoms with van der Waals surface area (Å²) in [6.45, 7) is 3.69. The zero-order chi connectivity index (χ0) is 20.6. The van der Waals surface area contributed by atoms with Crippen molar-refractivity contribution >= 4 is 13.5 Å². The molecule has 0 spiro atoms. The normalized spacial score (nSPS) is 12.8. The molecular weight excluding hydrogens is 392 g/mol. The molecule has 9 heteroatoms. The lowest BCUT2D eigenvalue weighted by atomic mass is 10.0. The average molecular weight is 414 g/mol. The Morgan fingerprint density at radius 2 is 1.57 bits per heavy atom. The smallest absolute Gasteiger partial charge is 0.292 e. The summed E-state index contributed by atoms with van der Waals surface area (Å²) in [6.07, 6.45) is -4.16. The van der Waals surface area contributed by atoms with Crippen molar-refractivity contribution in [2.45, 2.75) is 26.4 Å². The molecule has 0 amide bonds. The van der Waals surface area contributed by atoms with Gasteiger partial charge in [-0.3, -0.25) is 9.05 Å². The minimum atomic E-state index is -4.39. The van der Waals surface area contributed by atoms with E-state index in [2.05, 4.69) is 10.3 Å². The van der Waals surface area contributed by atoms with Crippen LogP contribution in [-0.2, 0) is 26.2 Å². The van der Waals surface area contributed by atoms with Crippen LogP contribution in [0.3, 0.4) is 0 Å². The summed E-state index contributed by atoms with van der Waals surface area (Å²) in [5.74, 6) is 0. The van der Waals surface area contributed by atoms with Crippen molar-refractivity contribution in [2.24, 2.45) is 5.10 Å². The molecular formula is C19H22F3N2O3P. The lowest BCUT2D eigenvalue weighted by Gasteiger charge is -2.17. The fourth-order valence-corrected chi connectivity index (χ4v) is 3.51. The Hall–Kier alpha value is -2.15. The molecule has 0 aromatic heterocycles. The molecule has 0 unspecified atom stereocenters.